The Hall–Kier alpha value is -1.70. The summed E-state index contributed by atoms with van der Waals surface area (Å²) < 4.78 is 27.2. The minimum absolute atomic E-state index is 0.327. The quantitative estimate of drug-likeness (QED) is 0.827. The first-order valence-electron chi connectivity index (χ1n) is 8.19. The molecule has 2 heterocycles. The van der Waals surface area contributed by atoms with Crippen molar-refractivity contribution in [2.75, 3.05) is 5.73 Å². The van der Waals surface area contributed by atoms with Gasteiger partial charge in [0.15, 0.2) is 5.13 Å². The van der Waals surface area contributed by atoms with Gasteiger partial charge in [0.1, 0.15) is 5.73 Å². The number of aromatic nitrogens is 1. The fourth-order valence-corrected chi connectivity index (χ4v) is 3.20. The number of hydrogen-bond donors (Lipinski definition) is 1. The van der Waals surface area contributed by atoms with E-state index in [2.05, 4.69) is 4.98 Å². The molecule has 1 aliphatic heterocycles. The molecule has 0 aliphatic carbocycles. The smallest absolute Gasteiger partial charge is 0.398 e. The van der Waals surface area contributed by atoms with E-state index in [-0.39, 0.29) is 0 Å². The molecule has 0 spiro atoms. The van der Waals surface area contributed by atoms with Crippen LogP contribution in [0.25, 0.3) is 5.57 Å². The van der Waals surface area contributed by atoms with Crippen molar-refractivity contribution in [1.29, 1.82) is 0 Å². The molecule has 1 fully saturated rings. The molecule has 1 aromatic heterocycles. The van der Waals surface area contributed by atoms with Gasteiger partial charge in [0.05, 0.1) is 16.9 Å². The molecule has 7 heteroatoms. The number of halogens is 1. The van der Waals surface area contributed by atoms with E-state index >= 15 is 4.39 Å². The number of rotatable bonds is 4. The molecule has 4 nitrogen and oxygen atoms in total. The van der Waals surface area contributed by atoms with Crippen molar-refractivity contribution in [3.63, 3.8) is 0 Å². The molecule has 0 atom stereocenters. The second kappa shape index (κ2) is 6.55. The number of nitrogen functional groups attached to an aromatic ring is 1. The van der Waals surface area contributed by atoms with Crippen LogP contribution in [0.1, 0.15) is 39.0 Å². The molecule has 0 amide bonds. The summed E-state index contributed by atoms with van der Waals surface area (Å²) in [7, 11) is -1.03. The van der Waals surface area contributed by atoms with Crippen molar-refractivity contribution in [3.05, 3.63) is 52.7 Å². The van der Waals surface area contributed by atoms with Crippen molar-refractivity contribution >= 4 is 29.2 Å². The summed E-state index contributed by atoms with van der Waals surface area (Å²) in [5.74, 6) is 0. The Bertz CT molecular complexity index is 773. The fourth-order valence-electron chi connectivity index (χ4n) is 2.64. The number of nitrogens with two attached hydrogens (primary N) is 1. The second-order valence-corrected chi connectivity index (χ2v) is 8.02. The zero-order chi connectivity index (χ0) is 18.2. The van der Waals surface area contributed by atoms with Crippen molar-refractivity contribution in [2.45, 2.75) is 45.3 Å². The van der Waals surface area contributed by atoms with Crippen LogP contribution in [0.5, 0.6) is 0 Å². The molecule has 132 valence electrons. The van der Waals surface area contributed by atoms with Gasteiger partial charge in [-0.15, -0.1) is 11.3 Å². The van der Waals surface area contributed by atoms with E-state index in [0.29, 0.717) is 17.1 Å². The molecular formula is C18H22BFN2O2S. The molecule has 0 unspecified atom stereocenters. The van der Waals surface area contributed by atoms with E-state index in [1.165, 1.54) is 11.3 Å². The Labute approximate surface area is 152 Å². The standard InChI is InChI=1S/C18H22BFN2O2S/c1-17(2)18(3,4)24-19(23-17)15(20)14(12-8-6-5-7-9-12)10-13-11-25-16(21)22-13/h5-9,11H,10H2,1-4H3,(H2,21,22). The highest BCUT2D eigenvalue weighted by Crippen LogP contribution is 2.40. The molecule has 1 saturated heterocycles. The highest BCUT2D eigenvalue weighted by molar-refractivity contribution is 7.13. The van der Waals surface area contributed by atoms with E-state index in [0.717, 1.165) is 11.3 Å². The maximum Gasteiger partial charge on any atom is 0.525 e. The maximum absolute atomic E-state index is 15.4. The lowest BCUT2D eigenvalue weighted by Crippen LogP contribution is -2.41. The molecule has 0 saturated carbocycles. The molecule has 1 aromatic carbocycles. The largest absolute Gasteiger partial charge is 0.525 e. The second-order valence-electron chi connectivity index (χ2n) is 7.13. The van der Waals surface area contributed by atoms with Gasteiger partial charge in [-0.1, -0.05) is 30.3 Å². The Balaban J connectivity index is 1.99. The average molecular weight is 360 g/mol. The lowest BCUT2D eigenvalue weighted by molar-refractivity contribution is 0.00578. The van der Waals surface area contributed by atoms with Crippen LogP contribution >= 0.6 is 11.3 Å². The molecular weight excluding hydrogens is 338 g/mol. The normalized spacial score (nSPS) is 19.8. The fraction of sp³-hybridized carbons (Fsp3) is 0.389. The molecule has 25 heavy (non-hydrogen) atoms. The van der Waals surface area contributed by atoms with Crippen LogP contribution in [0.4, 0.5) is 9.52 Å². The van der Waals surface area contributed by atoms with Gasteiger partial charge in [-0.05, 0) is 38.8 Å². The van der Waals surface area contributed by atoms with Crippen molar-refractivity contribution < 1.29 is 13.7 Å². The van der Waals surface area contributed by atoms with Crippen LogP contribution in [-0.4, -0.2) is 23.3 Å². The Morgan fingerprint density at radius 1 is 1.16 bits per heavy atom. The molecule has 0 radical (unpaired) electrons. The van der Waals surface area contributed by atoms with Crippen LogP contribution in [0.2, 0.25) is 0 Å². The summed E-state index contributed by atoms with van der Waals surface area (Å²) in [6.45, 7) is 7.63. The monoisotopic (exact) mass is 360 g/mol. The number of benzene rings is 1. The number of nitrogens with zero attached hydrogens (tertiary/aromatic N) is 1. The topological polar surface area (TPSA) is 57.4 Å². The summed E-state index contributed by atoms with van der Waals surface area (Å²) in [4.78, 5) is 4.26. The predicted molar refractivity (Wildman–Crippen MR) is 101 cm³/mol. The van der Waals surface area contributed by atoms with E-state index in [1.807, 2.05) is 63.4 Å². The van der Waals surface area contributed by atoms with Gasteiger partial charge in [0, 0.05) is 11.8 Å². The molecule has 3 rings (SSSR count). The average Bonchev–Trinajstić information content (AvgIpc) is 3.05. The number of hydrogen-bond acceptors (Lipinski definition) is 5. The Morgan fingerprint density at radius 3 is 2.28 bits per heavy atom. The van der Waals surface area contributed by atoms with Crippen LogP contribution < -0.4 is 5.73 Å². The third-order valence-electron chi connectivity index (χ3n) is 4.80. The molecule has 2 aromatic rings. The van der Waals surface area contributed by atoms with Crippen LogP contribution in [0.3, 0.4) is 0 Å². The summed E-state index contributed by atoms with van der Waals surface area (Å²) in [5.41, 5.74) is 6.11. The zero-order valence-electron chi connectivity index (χ0n) is 14.9. The van der Waals surface area contributed by atoms with Crippen molar-refractivity contribution in [3.8, 4) is 0 Å². The minimum Gasteiger partial charge on any atom is -0.398 e. The van der Waals surface area contributed by atoms with Gasteiger partial charge in [-0.3, -0.25) is 0 Å². The van der Waals surface area contributed by atoms with Crippen molar-refractivity contribution in [2.24, 2.45) is 0 Å². The predicted octanol–water partition coefficient (Wildman–Crippen LogP) is 4.28. The first-order valence-corrected chi connectivity index (χ1v) is 9.07. The van der Waals surface area contributed by atoms with Crippen molar-refractivity contribution in [1.82, 2.24) is 4.98 Å². The highest BCUT2D eigenvalue weighted by Gasteiger charge is 2.53. The van der Waals surface area contributed by atoms with Gasteiger partial charge in [-0.25, -0.2) is 9.37 Å². The van der Waals surface area contributed by atoms with E-state index < -0.39 is 24.0 Å². The Morgan fingerprint density at radius 2 is 1.76 bits per heavy atom. The van der Waals surface area contributed by atoms with Crippen LogP contribution in [0, 0.1) is 0 Å². The van der Waals surface area contributed by atoms with Gasteiger partial charge < -0.3 is 15.0 Å². The molecule has 2 N–H and O–H groups in total. The minimum atomic E-state index is -1.03. The Kier molecular flexibility index (Phi) is 4.75. The third-order valence-corrected chi connectivity index (χ3v) is 5.52. The number of allylic oxidation sites excluding steroid dienone is 1. The number of anilines is 1. The first-order chi connectivity index (χ1) is 11.7. The van der Waals surface area contributed by atoms with Gasteiger partial charge >= 0.3 is 7.12 Å². The van der Waals surface area contributed by atoms with Crippen LogP contribution in [-0.2, 0) is 15.7 Å². The van der Waals surface area contributed by atoms with Gasteiger partial charge in [0.25, 0.3) is 0 Å². The van der Waals surface area contributed by atoms with E-state index in [4.69, 9.17) is 15.0 Å². The van der Waals surface area contributed by atoms with Gasteiger partial charge in [-0.2, -0.15) is 0 Å². The van der Waals surface area contributed by atoms with Gasteiger partial charge in [0.2, 0.25) is 0 Å². The zero-order valence-corrected chi connectivity index (χ0v) is 15.7. The lowest BCUT2D eigenvalue weighted by atomic mass is 9.81. The molecule has 1 aliphatic rings. The van der Waals surface area contributed by atoms with E-state index in [1.54, 1.807) is 0 Å². The SMILES string of the molecule is CC1(C)OB(C(F)=C(Cc2csc(N)n2)c2ccccc2)OC1(C)C. The number of thiazole rings is 1. The summed E-state index contributed by atoms with van der Waals surface area (Å²) in [5, 5.41) is 2.31. The van der Waals surface area contributed by atoms with E-state index in [9.17, 15) is 0 Å². The van der Waals surface area contributed by atoms with Crippen LogP contribution in [0.15, 0.2) is 41.4 Å². The highest BCUT2D eigenvalue weighted by atomic mass is 32.1. The maximum atomic E-state index is 15.4. The first kappa shape index (κ1) is 18.1. The summed E-state index contributed by atoms with van der Waals surface area (Å²) in [6.07, 6.45) is 0.327. The lowest BCUT2D eigenvalue weighted by Gasteiger charge is -2.32. The third kappa shape index (κ3) is 3.63. The summed E-state index contributed by atoms with van der Waals surface area (Å²) in [6, 6.07) is 9.39. The summed E-state index contributed by atoms with van der Waals surface area (Å²) >= 11 is 1.34. The molecule has 0 bridgehead atoms.